The van der Waals surface area contributed by atoms with E-state index in [1.807, 2.05) is 0 Å². The zero-order valence-corrected chi connectivity index (χ0v) is 18.9. The molecule has 11 heteroatoms. The number of carbonyl (C=O) groups is 2. The lowest BCUT2D eigenvalue weighted by atomic mass is 10.1. The highest BCUT2D eigenvalue weighted by molar-refractivity contribution is 7.18. The normalized spacial score (nSPS) is 15.1. The van der Waals surface area contributed by atoms with Crippen molar-refractivity contribution in [2.45, 2.75) is 52.4 Å². The molecule has 170 valence electrons. The predicted molar refractivity (Wildman–Crippen MR) is 115 cm³/mol. The van der Waals surface area contributed by atoms with Crippen LogP contribution in [0.15, 0.2) is 9.59 Å². The second-order valence-corrected chi connectivity index (χ2v) is 9.23. The molecule has 2 aromatic heterocycles. The summed E-state index contributed by atoms with van der Waals surface area (Å²) in [6, 6.07) is 0. The molecule has 1 aliphatic rings. The zero-order chi connectivity index (χ0) is 22.9. The maximum Gasteiger partial charge on any atom is 0.332 e. The first-order valence-electron chi connectivity index (χ1n) is 10.0. The molecule has 1 N–H and O–H groups in total. The lowest BCUT2D eigenvalue weighted by Crippen LogP contribution is -2.51. The minimum Gasteiger partial charge on any atom is -0.377 e. The number of nitrogens with one attached hydrogen (secondary N) is 1. The Morgan fingerprint density at radius 1 is 1.19 bits per heavy atom. The molecule has 0 spiro atoms. The third-order valence-electron chi connectivity index (χ3n) is 5.48. The third kappa shape index (κ3) is 4.42. The van der Waals surface area contributed by atoms with Crippen LogP contribution in [0, 0.1) is 6.92 Å². The van der Waals surface area contributed by atoms with E-state index in [4.69, 9.17) is 4.74 Å². The molecule has 2 amide bonds. The van der Waals surface area contributed by atoms with Crippen molar-refractivity contribution >= 4 is 33.4 Å². The largest absolute Gasteiger partial charge is 0.377 e. The van der Waals surface area contributed by atoms with Gasteiger partial charge in [0.1, 0.15) is 4.83 Å². The first-order valence-corrected chi connectivity index (χ1v) is 10.9. The van der Waals surface area contributed by atoms with E-state index in [-0.39, 0.29) is 26.1 Å². The van der Waals surface area contributed by atoms with E-state index in [1.54, 1.807) is 20.8 Å². The number of aryl methyl sites for hydroxylation is 2. The topological polar surface area (TPSA) is 103 Å². The summed E-state index contributed by atoms with van der Waals surface area (Å²) in [4.78, 5) is 52.9. The first-order chi connectivity index (χ1) is 14.6. The molecule has 9 nitrogen and oxygen atoms in total. The summed E-state index contributed by atoms with van der Waals surface area (Å²) in [7, 11) is 1.50. The molecule has 0 atom stereocenters. The van der Waals surface area contributed by atoms with E-state index < -0.39 is 35.3 Å². The summed E-state index contributed by atoms with van der Waals surface area (Å²) in [5, 5.41) is 2.87. The maximum absolute atomic E-state index is 13.3. The number of hydrogen-bond donors (Lipinski definition) is 1. The Labute approximate surface area is 182 Å². The Morgan fingerprint density at radius 2 is 1.90 bits per heavy atom. The summed E-state index contributed by atoms with van der Waals surface area (Å²) in [6.07, 6.45) is 0.137. The van der Waals surface area contributed by atoms with Gasteiger partial charge in [-0.2, -0.15) is 0 Å². The van der Waals surface area contributed by atoms with Gasteiger partial charge < -0.3 is 15.0 Å². The lowest BCUT2D eigenvalue weighted by Gasteiger charge is -2.26. The molecule has 0 unspecified atom stereocenters. The second-order valence-electron chi connectivity index (χ2n) is 8.14. The number of alkyl halides is 1. The van der Waals surface area contributed by atoms with Crippen LogP contribution in [0.2, 0.25) is 0 Å². The molecular formula is C20H27FN4O5S. The highest BCUT2D eigenvalue weighted by Crippen LogP contribution is 2.29. The van der Waals surface area contributed by atoms with Crippen LogP contribution < -0.4 is 16.6 Å². The van der Waals surface area contributed by atoms with Crippen LogP contribution in [0.1, 0.15) is 30.7 Å². The Bertz CT molecular complexity index is 1130. The van der Waals surface area contributed by atoms with Crippen molar-refractivity contribution in [1.82, 2.24) is 19.4 Å². The molecule has 1 fully saturated rings. The number of methoxy groups -OCH3 is 1. The Kier molecular flexibility index (Phi) is 6.65. The van der Waals surface area contributed by atoms with Crippen molar-refractivity contribution in [3.63, 3.8) is 0 Å². The molecular weight excluding hydrogens is 427 g/mol. The second kappa shape index (κ2) is 8.91. The van der Waals surface area contributed by atoms with Crippen molar-refractivity contribution < 1.29 is 18.7 Å². The number of carbonyl (C=O) groups excluding carboxylic acids is 2. The van der Waals surface area contributed by atoms with Crippen LogP contribution in [-0.2, 0) is 34.0 Å². The predicted octanol–water partition coefficient (Wildman–Crippen LogP) is 0.776. The van der Waals surface area contributed by atoms with Gasteiger partial charge in [-0.1, -0.05) is 0 Å². The van der Waals surface area contributed by atoms with Crippen LogP contribution in [0.4, 0.5) is 4.39 Å². The van der Waals surface area contributed by atoms with Crippen LogP contribution in [0.5, 0.6) is 0 Å². The standard InChI is InChI=1S/C20H27FN4O5S/c1-12-13(10-23-9-7-22-15(26)17(23)28)31-18-14(12)16(27)25(11-20(2,3)30-4)19(29)24(18)8-5-6-21/h5-11H2,1-4H3,(H,22,26). The molecule has 1 saturated heterocycles. The number of amides is 2. The summed E-state index contributed by atoms with van der Waals surface area (Å²) < 4.78 is 20.9. The Hall–Kier alpha value is -2.53. The van der Waals surface area contributed by atoms with Crippen LogP contribution in [0.3, 0.4) is 0 Å². The molecule has 2 aromatic rings. The first kappa shape index (κ1) is 23.1. The molecule has 0 aromatic carbocycles. The molecule has 3 rings (SSSR count). The number of rotatable bonds is 8. The number of ether oxygens (including phenoxy) is 1. The molecule has 0 bridgehead atoms. The average molecular weight is 455 g/mol. The highest BCUT2D eigenvalue weighted by Gasteiger charge is 2.29. The van der Waals surface area contributed by atoms with Crippen LogP contribution in [-0.4, -0.2) is 58.3 Å². The molecule has 3 heterocycles. The zero-order valence-electron chi connectivity index (χ0n) is 18.1. The molecule has 31 heavy (non-hydrogen) atoms. The fourth-order valence-electron chi connectivity index (χ4n) is 3.54. The van der Waals surface area contributed by atoms with E-state index in [9.17, 15) is 23.6 Å². The minimum atomic E-state index is -0.755. The minimum absolute atomic E-state index is 0.0438. The van der Waals surface area contributed by atoms with Gasteiger partial charge in [-0.05, 0) is 32.8 Å². The maximum atomic E-state index is 13.3. The van der Waals surface area contributed by atoms with Crippen molar-refractivity contribution in [2.24, 2.45) is 0 Å². The van der Waals surface area contributed by atoms with Crippen molar-refractivity contribution in [1.29, 1.82) is 0 Å². The van der Waals surface area contributed by atoms with Crippen LogP contribution >= 0.6 is 11.3 Å². The summed E-state index contributed by atoms with van der Waals surface area (Å²) in [5.74, 6) is -1.29. The monoisotopic (exact) mass is 454 g/mol. The van der Waals surface area contributed by atoms with Gasteiger partial charge in [0.15, 0.2) is 0 Å². The van der Waals surface area contributed by atoms with E-state index in [0.29, 0.717) is 33.7 Å². The number of thiophene rings is 1. The van der Waals surface area contributed by atoms with E-state index >= 15 is 0 Å². The number of hydrogen-bond acceptors (Lipinski definition) is 6. The van der Waals surface area contributed by atoms with Gasteiger partial charge in [0.25, 0.3) is 5.56 Å². The number of halogens is 1. The molecule has 1 aliphatic heterocycles. The smallest absolute Gasteiger partial charge is 0.332 e. The number of nitrogens with zero attached hydrogens (tertiary/aromatic N) is 3. The number of fused-ring (bicyclic) bond motifs is 1. The van der Waals surface area contributed by atoms with Gasteiger partial charge in [0, 0.05) is 31.6 Å². The van der Waals surface area contributed by atoms with Gasteiger partial charge in [0.2, 0.25) is 0 Å². The molecule has 0 radical (unpaired) electrons. The summed E-state index contributed by atoms with van der Waals surface area (Å²) >= 11 is 1.23. The van der Waals surface area contributed by atoms with E-state index in [2.05, 4.69) is 5.32 Å². The molecule has 0 saturated carbocycles. The van der Waals surface area contributed by atoms with Gasteiger partial charge in [-0.25, -0.2) is 4.79 Å². The fourth-order valence-corrected chi connectivity index (χ4v) is 4.87. The van der Waals surface area contributed by atoms with Gasteiger partial charge in [-0.3, -0.25) is 27.9 Å². The average Bonchev–Trinajstić information content (AvgIpc) is 3.05. The molecule has 0 aliphatic carbocycles. The van der Waals surface area contributed by atoms with Gasteiger partial charge >= 0.3 is 17.5 Å². The number of aromatic nitrogens is 2. The lowest BCUT2D eigenvalue weighted by molar-refractivity contribution is -0.148. The quantitative estimate of drug-likeness (QED) is 0.594. The van der Waals surface area contributed by atoms with Crippen LogP contribution in [0.25, 0.3) is 10.2 Å². The van der Waals surface area contributed by atoms with Gasteiger partial charge in [0.05, 0.1) is 30.8 Å². The Balaban J connectivity index is 2.16. The highest BCUT2D eigenvalue weighted by atomic mass is 32.1. The van der Waals surface area contributed by atoms with E-state index in [1.165, 1.54) is 27.9 Å². The third-order valence-corrected chi connectivity index (χ3v) is 6.78. The summed E-state index contributed by atoms with van der Waals surface area (Å²) in [5.41, 5.74) is -1.06. The number of piperazine rings is 1. The van der Waals surface area contributed by atoms with E-state index in [0.717, 1.165) is 4.57 Å². The van der Waals surface area contributed by atoms with Crippen molar-refractivity contribution in [3.8, 4) is 0 Å². The van der Waals surface area contributed by atoms with Crippen molar-refractivity contribution in [2.75, 3.05) is 26.9 Å². The van der Waals surface area contributed by atoms with Gasteiger partial charge in [-0.15, -0.1) is 11.3 Å². The SMILES string of the molecule is COC(C)(C)Cn1c(=O)c2c(C)c(CN3CCNC(=O)C3=O)sc2n(CCCF)c1=O. The summed E-state index contributed by atoms with van der Waals surface area (Å²) in [6.45, 7) is 5.77. The fraction of sp³-hybridized carbons (Fsp3) is 0.600. The Morgan fingerprint density at radius 3 is 2.55 bits per heavy atom. The van der Waals surface area contributed by atoms with Crippen molar-refractivity contribution in [3.05, 3.63) is 31.3 Å².